The van der Waals surface area contributed by atoms with Crippen LogP contribution in [0.5, 0.6) is 0 Å². The Morgan fingerprint density at radius 1 is 1.21 bits per heavy atom. The van der Waals surface area contributed by atoms with Crippen molar-refractivity contribution < 1.29 is 23.2 Å². The Hall–Kier alpha value is -1.60. The lowest BCUT2D eigenvalue weighted by atomic mass is 9.75. The van der Waals surface area contributed by atoms with Crippen LogP contribution in [-0.4, -0.2) is 47.5 Å². The first-order chi connectivity index (χ1) is 13.3. The molecule has 1 aromatic rings. The number of benzene rings is 1. The molecular formula is C22H33BFNO4. The molecule has 0 atom stereocenters. The first kappa shape index (κ1) is 22.1. The molecule has 1 aliphatic heterocycles. The normalized spacial score (nSPS) is 20.6. The van der Waals surface area contributed by atoms with Crippen molar-refractivity contribution in [1.82, 2.24) is 4.90 Å². The summed E-state index contributed by atoms with van der Waals surface area (Å²) in [4.78, 5) is 14.4. The van der Waals surface area contributed by atoms with Gasteiger partial charge in [-0.25, -0.2) is 9.18 Å². The lowest BCUT2D eigenvalue weighted by Crippen LogP contribution is -2.41. The summed E-state index contributed by atoms with van der Waals surface area (Å²) >= 11 is 0. The topological polar surface area (TPSA) is 48.0 Å². The Balaban J connectivity index is 1.77. The molecule has 1 saturated carbocycles. The lowest BCUT2D eigenvalue weighted by Gasteiger charge is -2.32. The van der Waals surface area contributed by atoms with E-state index >= 15 is 0 Å². The molecular weight excluding hydrogens is 372 g/mol. The van der Waals surface area contributed by atoms with Crippen molar-refractivity contribution >= 4 is 18.7 Å². The highest BCUT2D eigenvalue weighted by Crippen LogP contribution is 2.37. The maximum Gasteiger partial charge on any atom is 0.495 e. The number of ether oxygens (including phenoxy) is 1. The smallest absolute Gasteiger partial charge is 0.444 e. The van der Waals surface area contributed by atoms with Crippen LogP contribution in [0.3, 0.4) is 0 Å². The highest BCUT2D eigenvalue weighted by molar-refractivity contribution is 6.62. The number of carbonyl (C=O) groups is 1. The number of hydrogen-bond acceptors (Lipinski definition) is 4. The van der Waals surface area contributed by atoms with Crippen LogP contribution < -0.4 is 5.46 Å². The van der Waals surface area contributed by atoms with E-state index in [-0.39, 0.29) is 18.0 Å². The Bertz CT molecular complexity index is 755. The van der Waals surface area contributed by atoms with Crippen LogP contribution in [0, 0.1) is 5.82 Å². The molecule has 1 saturated heterocycles. The molecule has 0 N–H and O–H groups in total. The molecule has 0 unspecified atom stereocenters. The van der Waals surface area contributed by atoms with E-state index in [0.717, 1.165) is 23.9 Å². The quantitative estimate of drug-likeness (QED) is 0.693. The third-order valence-electron chi connectivity index (χ3n) is 5.85. The predicted octanol–water partition coefficient (Wildman–Crippen LogP) is 4.07. The highest BCUT2D eigenvalue weighted by atomic mass is 19.1. The van der Waals surface area contributed by atoms with Gasteiger partial charge >= 0.3 is 13.2 Å². The number of carbonyl (C=O) groups excluding carboxylic acids is 1. The average molecular weight is 405 g/mol. The fourth-order valence-corrected chi connectivity index (χ4v) is 3.36. The first-order valence-corrected chi connectivity index (χ1v) is 10.4. The van der Waals surface area contributed by atoms with Crippen molar-refractivity contribution in [3.8, 4) is 0 Å². The predicted molar refractivity (Wildman–Crippen MR) is 112 cm³/mol. The van der Waals surface area contributed by atoms with Crippen LogP contribution in [0.4, 0.5) is 9.18 Å². The maximum absolute atomic E-state index is 14.0. The number of rotatable bonds is 5. The van der Waals surface area contributed by atoms with Gasteiger partial charge in [0.05, 0.1) is 11.2 Å². The van der Waals surface area contributed by atoms with Gasteiger partial charge < -0.3 is 18.9 Å². The molecule has 29 heavy (non-hydrogen) atoms. The van der Waals surface area contributed by atoms with E-state index in [1.54, 1.807) is 11.0 Å². The van der Waals surface area contributed by atoms with Gasteiger partial charge in [-0.1, -0.05) is 6.07 Å². The number of hydrogen-bond donors (Lipinski definition) is 0. The Labute approximate surface area is 174 Å². The largest absolute Gasteiger partial charge is 0.495 e. The van der Waals surface area contributed by atoms with Crippen LogP contribution in [0.2, 0.25) is 0 Å². The van der Waals surface area contributed by atoms with E-state index in [2.05, 4.69) is 0 Å². The zero-order valence-corrected chi connectivity index (χ0v) is 18.7. The van der Waals surface area contributed by atoms with Crippen LogP contribution in [0.15, 0.2) is 18.2 Å². The third-order valence-corrected chi connectivity index (χ3v) is 5.85. The second kappa shape index (κ2) is 7.58. The van der Waals surface area contributed by atoms with Crippen molar-refractivity contribution in [3.05, 3.63) is 29.6 Å². The van der Waals surface area contributed by atoms with Gasteiger partial charge in [0.25, 0.3) is 0 Å². The summed E-state index contributed by atoms with van der Waals surface area (Å²) < 4.78 is 31.9. The van der Waals surface area contributed by atoms with E-state index in [1.807, 2.05) is 48.5 Å². The monoisotopic (exact) mass is 405 g/mol. The summed E-state index contributed by atoms with van der Waals surface area (Å²) in [5, 5.41) is 0. The molecule has 1 aromatic carbocycles. The second-order valence-electron chi connectivity index (χ2n) is 10.1. The minimum atomic E-state index is -0.563. The highest BCUT2D eigenvalue weighted by Gasteiger charge is 2.52. The van der Waals surface area contributed by atoms with Crippen LogP contribution in [0.25, 0.3) is 0 Å². The fraction of sp³-hybridized carbons (Fsp3) is 0.682. The summed E-state index contributed by atoms with van der Waals surface area (Å²) in [6.07, 6.45) is 2.15. The molecule has 0 bridgehead atoms. The fourth-order valence-electron chi connectivity index (χ4n) is 3.36. The van der Waals surface area contributed by atoms with Gasteiger partial charge in [-0.3, -0.25) is 0 Å². The van der Waals surface area contributed by atoms with Crippen molar-refractivity contribution in [2.75, 3.05) is 6.54 Å². The van der Waals surface area contributed by atoms with Crippen LogP contribution >= 0.6 is 0 Å². The third kappa shape index (κ3) is 5.12. The molecule has 1 heterocycles. The zero-order valence-electron chi connectivity index (χ0n) is 18.7. The molecule has 7 heteroatoms. The molecule has 1 amide bonds. The molecule has 0 aromatic heterocycles. The number of nitrogens with zero attached hydrogens (tertiary/aromatic N) is 1. The average Bonchev–Trinajstić information content (AvgIpc) is 3.33. The minimum absolute atomic E-state index is 0.207. The SMILES string of the molecule is CC(C)(C)OC(=O)N(CCc1cc(F)ccc1B1OC(C)(C)C(C)(C)O1)C1CC1. The summed E-state index contributed by atoms with van der Waals surface area (Å²) in [7, 11) is -0.563. The Morgan fingerprint density at radius 3 is 2.31 bits per heavy atom. The molecule has 5 nitrogen and oxygen atoms in total. The summed E-state index contributed by atoms with van der Waals surface area (Å²) in [6.45, 7) is 14.0. The van der Waals surface area contributed by atoms with Gasteiger partial charge in [-0.2, -0.15) is 0 Å². The van der Waals surface area contributed by atoms with Gasteiger partial charge in [0, 0.05) is 12.6 Å². The number of amides is 1. The van der Waals surface area contributed by atoms with Gasteiger partial charge in [0.1, 0.15) is 11.4 Å². The van der Waals surface area contributed by atoms with Crippen molar-refractivity contribution in [2.45, 2.75) is 90.6 Å². The molecule has 0 spiro atoms. The van der Waals surface area contributed by atoms with Gasteiger partial charge in [0.2, 0.25) is 0 Å². The van der Waals surface area contributed by atoms with Crippen LogP contribution in [0.1, 0.15) is 66.9 Å². The molecule has 3 rings (SSSR count). The van der Waals surface area contributed by atoms with Gasteiger partial charge in [0.15, 0.2) is 0 Å². The molecule has 1 aliphatic carbocycles. The first-order valence-electron chi connectivity index (χ1n) is 10.4. The summed E-state index contributed by atoms with van der Waals surface area (Å²) in [5.74, 6) is -0.310. The Morgan fingerprint density at radius 2 is 1.79 bits per heavy atom. The zero-order chi connectivity index (χ0) is 21.6. The number of halogens is 1. The summed E-state index contributed by atoms with van der Waals surface area (Å²) in [5.41, 5.74) is 0.110. The second-order valence-corrected chi connectivity index (χ2v) is 10.1. The van der Waals surface area contributed by atoms with E-state index in [0.29, 0.717) is 13.0 Å². The molecule has 160 valence electrons. The maximum atomic E-state index is 14.0. The van der Waals surface area contributed by atoms with E-state index < -0.39 is 23.9 Å². The lowest BCUT2D eigenvalue weighted by molar-refractivity contribution is 0.00578. The molecule has 0 radical (unpaired) electrons. The summed E-state index contributed by atoms with van der Waals surface area (Å²) in [6, 6.07) is 4.87. The van der Waals surface area contributed by atoms with E-state index in [4.69, 9.17) is 14.0 Å². The molecule has 2 fully saturated rings. The van der Waals surface area contributed by atoms with Crippen LogP contribution in [-0.2, 0) is 20.5 Å². The van der Waals surface area contributed by atoms with Crippen molar-refractivity contribution in [3.63, 3.8) is 0 Å². The van der Waals surface area contributed by atoms with Crippen molar-refractivity contribution in [1.29, 1.82) is 0 Å². The Kier molecular flexibility index (Phi) is 5.78. The van der Waals surface area contributed by atoms with Gasteiger partial charge in [-0.05, 0) is 90.9 Å². The standard InChI is InChI=1S/C22H33BFNO4/c1-20(2,3)27-19(26)25(17-9-10-17)13-12-15-14-16(24)8-11-18(15)23-28-21(4,5)22(6,7)29-23/h8,11,14,17H,9-10,12-13H2,1-7H3. The minimum Gasteiger partial charge on any atom is -0.444 e. The van der Waals surface area contributed by atoms with E-state index in [9.17, 15) is 9.18 Å². The van der Waals surface area contributed by atoms with E-state index in [1.165, 1.54) is 12.1 Å². The van der Waals surface area contributed by atoms with Gasteiger partial charge in [-0.15, -0.1) is 0 Å². The molecule has 2 aliphatic rings. The van der Waals surface area contributed by atoms with Crippen molar-refractivity contribution in [2.24, 2.45) is 0 Å².